The summed E-state index contributed by atoms with van der Waals surface area (Å²) in [5.74, 6) is 2.64. The van der Waals surface area contributed by atoms with Gasteiger partial charge in [-0.15, -0.1) is 10.2 Å². The molecule has 0 saturated heterocycles. The van der Waals surface area contributed by atoms with E-state index in [0.29, 0.717) is 41.4 Å². The highest BCUT2D eigenvalue weighted by atomic mass is 79.9. The smallest absolute Gasteiger partial charge is 0.247 e. The van der Waals surface area contributed by atoms with E-state index in [0.717, 1.165) is 33.5 Å². The van der Waals surface area contributed by atoms with E-state index in [1.807, 2.05) is 43.3 Å². The Bertz CT molecular complexity index is 1180. The van der Waals surface area contributed by atoms with E-state index in [9.17, 15) is 0 Å². The number of nitrogens with one attached hydrogen (secondary N) is 1. The first kappa shape index (κ1) is 25.3. The molecule has 7 nitrogen and oxygen atoms in total. The topological polar surface area (TPSA) is 78.4 Å². The van der Waals surface area contributed by atoms with Gasteiger partial charge >= 0.3 is 0 Å². The molecule has 2 aromatic carbocycles. The fourth-order valence-corrected chi connectivity index (χ4v) is 5.01. The van der Waals surface area contributed by atoms with Gasteiger partial charge in [0, 0.05) is 22.6 Å². The molecule has 1 aliphatic heterocycles. The third-order valence-corrected chi connectivity index (χ3v) is 6.81. The third kappa shape index (κ3) is 6.08. The molecule has 1 atom stereocenters. The van der Waals surface area contributed by atoms with Gasteiger partial charge in [0.25, 0.3) is 0 Å². The zero-order valence-corrected chi connectivity index (χ0v) is 22.3. The zero-order chi connectivity index (χ0) is 24.6. The summed E-state index contributed by atoms with van der Waals surface area (Å²) in [6.45, 7) is 8.73. The Morgan fingerprint density at radius 3 is 2.83 bits per heavy atom. The summed E-state index contributed by atoms with van der Waals surface area (Å²) in [5, 5.41) is 13.0. The second kappa shape index (κ2) is 12.3. The van der Waals surface area contributed by atoms with Gasteiger partial charge in [-0.1, -0.05) is 62.4 Å². The number of anilines is 1. The second-order valence-electron chi connectivity index (χ2n) is 7.85. The summed E-state index contributed by atoms with van der Waals surface area (Å²) < 4.78 is 18.9. The summed E-state index contributed by atoms with van der Waals surface area (Å²) in [6, 6.07) is 11.8. The first-order valence-corrected chi connectivity index (χ1v) is 13.5. The molecule has 0 unspecified atom stereocenters. The van der Waals surface area contributed by atoms with Crippen LogP contribution in [0.25, 0.3) is 11.3 Å². The van der Waals surface area contributed by atoms with Crippen LogP contribution in [0, 0.1) is 0 Å². The van der Waals surface area contributed by atoms with Crippen molar-refractivity contribution in [1.82, 2.24) is 15.2 Å². The number of thioether (sulfide) groups is 1. The molecule has 1 N–H and O–H groups in total. The quantitative estimate of drug-likeness (QED) is 0.153. The SMILES string of the molecule is C=CCOc1c(Br)cc([C@H]2Nc3ccccc3-c3nnc(SCCCCC)nc3O2)cc1OCC. The molecule has 0 amide bonds. The standard InChI is InChI=1S/C26H29BrN4O3S/c1-4-7-10-14-35-26-29-25-22(30-31-26)18-11-8-9-12-20(18)28-24(34-25)17-15-19(27)23(33-13-5-2)21(16-17)32-6-3/h5,8-9,11-12,15-16,24,28H,2,4,6-7,10,13-14H2,1,3H3/t24-/m0/s1. The van der Waals surface area contributed by atoms with Crippen LogP contribution in [0.5, 0.6) is 17.4 Å². The normalized spacial score (nSPS) is 14.1. The van der Waals surface area contributed by atoms with Crippen molar-refractivity contribution in [1.29, 1.82) is 0 Å². The molecule has 3 aromatic rings. The van der Waals surface area contributed by atoms with Crippen molar-refractivity contribution < 1.29 is 14.2 Å². The van der Waals surface area contributed by atoms with Crippen molar-refractivity contribution in [3.63, 3.8) is 0 Å². The number of nitrogens with zero attached hydrogens (tertiary/aromatic N) is 3. The highest BCUT2D eigenvalue weighted by Crippen LogP contribution is 2.43. The van der Waals surface area contributed by atoms with Crippen LogP contribution in [0.2, 0.25) is 0 Å². The Hall–Kier alpha value is -2.78. The summed E-state index contributed by atoms with van der Waals surface area (Å²) >= 11 is 5.24. The Morgan fingerprint density at radius 2 is 2.03 bits per heavy atom. The number of fused-ring (bicyclic) bond motifs is 3. The fraction of sp³-hybridized carbons (Fsp3) is 0.346. The Balaban J connectivity index is 1.71. The molecular formula is C26H29BrN4O3S. The molecule has 0 fully saturated rings. The monoisotopic (exact) mass is 556 g/mol. The number of halogens is 1. The van der Waals surface area contributed by atoms with Gasteiger partial charge in [0.1, 0.15) is 6.61 Å². The van der Waals surface area contributed by atoms with Crippen LogP contribution in [-0.2, 0) is 0 Å². The van der Waals surface area contributed by atoms with Gasteiger partial charge in [-0.3, -0.25) is 0 Å². The first-order valence-electron chi connectivity index (χ1n) is 11.7. The van der Waals surface area contributed by atoms with Crippen LogP contribution in [-0.4, -0.2) is 34.1 Å². The molecule has 0 saturated carbocycles. The average Bonchev–Trinajstić information content (AvgIpc) is 3.03. The lowest BCUT2D eigenvalue weighted by atomic mass is 10.1. The molecule has 2 heterocycles. The van der Waals surface area contributed by atoms with Crippen LogP contribution in [0.4, 0.5) is 5.69 Å². The van der Waals surface area contributed by atoms with Crippen LogP contribution >= 0.6 is 27.7 Å². The largest absolute Gasteiger partial charge is 0.490 e. The minimum Gasteiger partial charge on any atom is -0.490 e. The number of aromatic nitrogens is 3. The van der Waals surface area contributed by atoms with Crippen LogP contribution in [0.1, 0.15) is 44.9 Å². The Kier molecular flexibility index (Phi) is 8.87. The van der Waals surface area contributed by atoms with E-state index in [-0.39, 0.29) is 0 Å². The Morgan fingerprint density at radius 1 is 1.17 bits per heavy atom. The maximum absolute atomic E-state index is 6.43. The number of hydrogen-bond acceptors (Lipinski definition) is 8. The third-order valence-electron chi connectivity index (χ3n) is 5.29. The highest BCUT2D eigenvalue weighted by Gasteiger charge is 2.27. The van der Waals surface area contributed by atoms with Crippen molar-refractivity contribution in [2.45, 2.75) is 44.5 Å². The number of unbranched alkanes of at least 4 members (excludes halogenated alkanes) is 2. The lowest BCUT2D eigenvalue weighted by Gasteiger charge is -2.22. The number of benzene rings is 2. The van der Waals surface area contributed by atoms with Crippen LogP contribution in [0.15, 0.2) is 58.7 Å². The summed E-state index contributed by atoms with van der Waals surface area (Å²) in [4.78, 5) is 4.73. The van der Waals surface area contributed by atoms with Crippen LogP contribution in [0.3, 0.4) is 0 Å². The molecular weight excluding hydrogens is 528 g/mol. The van der Waals surface area contributed by atoms with Crippen molar-refractivity contribution in [3.05, 3.63) is 59.1 Å². The summed E-state index contributed by atoms with van der Waals surface area (Å²) in [5.41, 5.74) is 3.24. The summed E-state index contributed by atoms with van der Waals surface area (Å²) in [7, 11) is 0. The minimum absolute atomic E-state index is 0.373. The average molecular weight is 558 g/mol. The van der Waals surface area contributed by atoms with Crippen molar-refractivity contribution in [3.8, 4) is 28.6 Å². The molecule has 4 rings (SSSR count). The number of para-hydroxylation sites is 1. The molecule has 0 radical (unpaired) electrons. The molecule has 9 heteroatoms. The molecule has 0 bridgehead atoms. The van der Waals surface area contributed by atoms with Gasteiger partial charge in [0.15, 0.2) is 23.4 Å². The maximum atomic E-state index is 6.43. The second-order valence-corrected chi connectivity index (χ2v) is 9.77. The van der Waals surface area contributed by atoms with E-state index in [2.05, 4.69) is 44.9 Å². The highest BCUT2D eigenvalue weighted by molar-refractivity contribution is 9.10. The van der Waals surface area contributed by atoms with Crippen LogP contribution < -0.4 is 19.5 Å². The fourth-order valence-electron chi connectivity index (χ4n) is 3.66. The van der Waals surface area contributed by atoms with E-state index in [1.165, 1.54) is 12.8 Å². The van der Waals surface area contributed by atoms with Crippen molar-refractivity contribution in [2.24, 2.45) is 0 Å². The van der Waals surface area contributed by atoms with Gasteiger partial charge in [-0.05, 0) is 47.5 Å². The van der Waals surface area contributed by atoms with Gasteiger partial charge in [0.2, 0.25) is 11.0 Å². The summed E-state index contributed by atoms with van der Waals surface area (Å²) in [6.07, 6.45) is 4.64. The van der Waals surface area contributed by atoms with E-state index in [4.69, 9.17) is 19.2 Å². The Labute approximate surface area is 218 Å². The van der Waals surface area contributed by atoms with Crippen molar-refractivity contribution in [2.75, 3.05) is 24.3 Å². The molecule has 0 spiro atoms. The van der Waals surface area contributed by atoms with Gasteiger partial charge in [0.05, 0.1) is 11.1 Å². The molecule has 0 aliphatic carbocycles. The first-order chi connectivity index (χ1) is 17.1. The number of hydrogen-bond donors (Lipinski definition) is 1. The minimum atomic E-state index is -0.531. The predicted molar refractivity (Wildman–Crippen MR) is 144 cm³/mol. The molecule has 184 valence electrons. The zero-order valence-electron chi connectivity index (χ0n) is 19.9. The predicted octanol–water partition coefficient (Wildman–Crippen LogP) is 7.05. The van der Waals surface area contributed by atoms with Gasteiger partial charge < -0.3 is 19.5 Å². The van der Waals surface area contributed by atoms with Crippen molar-refractivity contribution >= 4 is 33.4 Å². The molecule has 35 heavy (non-hydrogen) atoms. The van der Waals surface area contributed by atoms with Gasteiger partial charge in [-0.25, -0.2) is 0 Å². The number of ether oxygens (including phenoxy) is 3. The van der Waals surface area contributed by atoms with E-state index in [1.54, 1.807) is 17.8 Å². The van der Waals surface area contributed by atoms with E-state index < -0.39 is 6.23 Å². The van der Waals surface area contributed by atoms with E-state index >= 15 is 0 Å². The number of rotatable bonds is 11. The molecule has 1 aromatic heterocycles. The lowest BCUT2D eigenvalue weighted by Crippen LogP contribution is -2.17. The molecule has 1 aliphatic rings. The maximum Gasteiger partial charge on any atom is 0.247 e. The lowest BCUT2D eigenvalue weighted by molar-refractivity contribution is 0.223. The van der Waals surface area contributed by atoms with Gasteiger partial charge in [-0.2, -0.15) is 4.98 Å².